The van der Waals surface area contributed by atoms with Gasteiger partial charge in [0.05, 0.1) is 0 Å². The number of esters is 3. The molecule has 0 aromatic rings. The first-order valence-corrected chi connectivity index (χ1v) is 26.9. The van der Waals surface area contributed by atoms with Gasteiger partial charge in [0.2, 0.25) is 0 Å². The number of hydrogen-bond donors (Lipinski definition) is 0. The van der Waals surface area contributed by atoms with Crippen LogP contribution in [0.15, 0.2) is 0 Å². The SMILES string of the molecule is CCCCCCCCCCCCCCCCCCCC(=O)OC[C@@H](COC(=O)CCCCCCCCCCCCCCCC)OC(=O)CCCCCCCCCCC(C)C. The summed E-state index contributed by atoms with van der Waals surface area (Å²) in [4.78, 5) is 38.0. The summed E-state index contributed by atoms with van der Waals surface area (Å²) >= 11 is 0. The molecule has 0 saturated carbocycles. The third-order valence-corrected chi connectivity index (χ3v) is 12.3. The van der Waals surface area contributed by atoms with Gasteiger partial charge >= 0.3 is 17.9 Å². The highest BCUT2D eigenvalue weighted by Gasteiger charge is 2.19. The van der Waals surface area contributed by atoms with Gasteiger partial charge in [0.15, 0.2) is 6.10 Å². The molecule has 0 aliphatic carbocycles. The van der Waals surface area contributed by atoms with Gasteiger partial charge in [-0.1, -0.05) is 265 Å². The molecule has 0 fully saturated rings. The molecule has 0 aromatic heterocycles. The number of unbranched alkanes of at least 4 members (excludes halogenated alkanes) is 36. The van der Waals surface area contributed by atoms with Crippen molar-refractivity contribution in [3.05, 3.63) is 0 Å². The molecule has 0 unspecified atom stereocenters. The predicted octanol–water partition coefficient (Wildman–Crippen LogP) is 17.5. The Balaban J connectivity index is 4.26. The van der Waals surface area contributed by atoms with E-state index in [1.807, 2.05) is 0 Å². The highest BCUT2D eigenvalue weighted by molar-refractivity contribution is 5.71. The quantitative estimate of drug-likeness (QED) is 0.0345. The van der Waals surface area contributed by atoms with Crippen LogP contribution in [-0.4, -0.2) is 37.2 Å². The van der Waals surface area contributed by atoms with Crippen molar-refractivity contribution in [1.82, 2.24) is 0 Å². The molecule has 6 nitrogen and oxygen atoms in total. The molecule has 0 heterocycles. The lowest BCUT2D eigenvalue weighted by Gasteiger charge is -2.18. The van der Waals surface area contributed by atoms with Crippen LogP contribution in [0.5, 0.6) is 0 Å². The molecule has 0 N–H and O–H groups in total. The molecular weight excluding hydrogens is 745 g/mol. The number of carbonyl (C=O) groups is 3. The Labute approximate surface area is 374 Å². The zero-order valence-corrected chi connectivity index (χ0v) is 40.9. The van der Waals surface area contributed by atoms with Crippen LogP contribution in [0, 0.1) is 5.92 Å². The van der Waals surface area contributed by atoms with Gasteiger partial charge in [0.25, 0.3) is 0 Å². The van der Waals surface area contributed by atoms with E-state index in [2.05, 4.69) is 27.7 Å². The van der Waals surface area contributed by atoms with Crippen LogP contribution < -0.4 is 0 Å². The van der Waals surface area contributed by atoms with Gasteiger partial charge in [0.1, 0.15) is 13.2 Å². The molecular formula is C54H104O6. The Morgan fingerprint density at radius 1 is 0.317 bits per heavy atom. The molecule has 0 radical (unpaired) electrons. The molecule has 0 spiro atoms. The van der Waals surface area contributed by atoms with E-state index in [1.54, 1.807) is 0 Å². The second-order valence-corrected chi connectivity index (χ2v) is 19.0. The average molecular weight is 849 g/mol. The smallest absolute Gasteiger partial charge is 0.306 e. The first-order chi connectivity index (χ1) is 29.4. The predicted molar refractivity (Wildman–Crippen MR) is 257 cm³/mol. The van der Waals surface area contributed by atoms with Crippen molar-refractivity contribution in [2.24, 2.45) is 5.92 Å². The van der Waals surface area contributed by atoms with Gasteiger partial charge in [0, 0.05) is 19.3 Å². The highest BCUT2D eigenvalue weighted by Crippen LogP contribution is 2.17. The van der Waals surface area contributed by atoms with E-state index in [0.717, 1.165) is 63.7 Å². The summed E-state index contributed by atoms with van der Waals surface area (Å²) in [5.74, 6) is -0.0504. The van der Waals surface area contributed by atoms with E-state index in [4.69, 9.17) is 14.2 Å². The second kappa shape index (κ2) is 48.4. The van der Waals surface area contributed by atoms with Crippen LogP contribution in [0.4, 0.5) is 0 Å². The van der Waals surface area contributed by atoms with Crippen LogP contribution in [0.3, 0.4) is 0 Å². The lowest BCUT2D eigenvalue weighted by molar-refractivity contribution is -0.167. The van der Waals surface area contributed by atoms with E-state index >= 15 is 0 Å². The maximum atomic E-state index is 12.8. The van der Waals surface area contributed by atoms with Gasteiger partial charge in [-0.2, -0.15) is 0 Å². The molecule has 0 bridgehead atoms. The third kappa shape index (κ3) is 47.5. The first kappa shape index (κ1) is 58.4. The van der Waals surface area contributed by atoms with E-state index in [-0.39, 0.29) is 31.1 Å². The number of rotatable bonds is 49. The number of hydrogen-bond acceptors (Lipinski definition) is 6. The lowest BCUT2D eigenvalue weighted by atomic mass is 10.0. The third-order valence-electron chi connectivity index (χ3n) is 12.3. The van der Waals surface area contributed by atoms with Crippen molar-refractivity contribution in [2.45, 2.75) is 310 Å². The summed E-state index contributed by atoms with van der Waals surface area (Å²) in [6.07, 6.45) is 50.9. The summed E-state index contributed by atoms with van der Waals surface area (Å²) in [6.45, 7) is 9.00. The molecule has 0 aliphatic rings. The maximum absolute atomic E-state index is 12.8. The average Bonchev–Trinajstić information content (AvgIpc) is 3.23. The van der Waals surface area contributed by atoms with Crippen molar-refractivity contribution < 1.29 is 28.6 Å². The normalized spacial score (nSPS) is 11.9. The Morgan fingerprint density at radius 3 is 0.817 bits per heavy atom. The number of carbonyl (C=O) groups excluding carboxylic acids is 3. The lowest BCUT2D eigenvalue weighted by Crippen LogP contribution is -2.30. The summed E-state index contributed by atoms with van der Waals surface area (Å²) in [6, 6.07) is 0. The second-order valence-electron chi connectivity index (χ2n) is 19.0. The van der Waals surface area contributed by atoms with E-state index < -0.39 is 6.10 Å². The molecule has 0 aliphatic heterocycles. The van der Waals surface area contributed by atoms with Crippen LogP contribution in [0.2, 0.25) is 0 Å². The van der Waals surface area contributed by atoms with Gasteiger partial charge in [-0.15, -0.1) is 0 Å². The maximum Gasteiger partial charge on any atom is 0.306 e. The van der Waals surface area contributed by atoms with Crippen molar-refractivity contribution >= 4 is 17.9 Å². The minimum Gasteiger partial charge on any atom is -0.462 e. The van der Waals surface area contributed by atoms with Crippen molar-refractivity contribution in [3.63, 3.8) is 0 Å². The van der Waals surface area contributed by atoms with Crippen molar-refractivity contribution in [3.8, 4) is 0 Å². The zero-order valence-electron chi connectivity index (χ0n) is 40.9. The molecule has 6 heteroatoms. The molecule has 60 heavy (non-hydrogen) atoms. The van der Waals surface area contributed by atoms with Crippen LogP contribution >= 0.6 is 0 Å². The fraction of sp³-hybridized carbons (Fsp3) is 0.944. The summed E-state index contributed by atoms with van der Waals surface area (Å²) in [5.41, 5.74) is 0. The fourth-order valence-electron chi connectivity index (χ4n) is 8.22. The van der Waals surface area contributed by atoms with Gasteiger partial charge in [-0.3, -0.25) is 14.4 Å². The monoisotopic (exact) mass is 849 g/mol. The largest absolute Gasteiger partial charge is 0.462 e. The minimum absolute atomic E-state index is 0.0630. The Morgan fingerprint density at radius 2 is 0.550 bits per heavy atom. The number of ether oxygens (including phenoxy) is 3. The van der Waals surface area contributed by atoms with Gasteiger partial charge in [-0.25, -0.2) is 0 Å². The van der Waals surface area contributed by atoms with E-state index in [9.17, 15) is 14.4 Å². The van der Waals surface area contributed by atoms with E-state index in [1.165, 1.54) is 199 Å². The van der Waals surface area contributed by atoms with Gasteiger partial charge in [-0.05, 0) is 25.2 Å². The summed E-state index contributed by atoms with van der Waals surface area (Å²) < 4.78 is 16.8. The molecule has 0 aromatic carbocycles. The molecule has 1 atom stereocenters. The Bertz CT molecular complexity index is 903. The topological polar surface area (TPSA) is 78.9 Å². The van der Waals surface area contributed by atoms with Crippen molar-refractivity contribution in [2.75, 3.05) is 13.2 Å². The highest BCUT2D eigenvalue weighted by atomic mass is 16.6. The molecule has 356 valence electrons. The first-order valence-electron chi connectivity index (χ1n) is 26.9. The minimum atomic E-state index is -0.761. The standard InChI is InChI=1S/C54H104O6/c1-5-7-9-11-13-15-17-19-21-22-23-25-27-29-34-38-42-46-53(56)59-49-51(60-54(57)47-43-39-35-31-30-32-36-40-44-50(3)4)48-58-52(55)45-41-37-33-28-26-24-20-18-16-14-12-10-8-6-2/h50-51H,5-49H2,1-4H3/t51-/m1/s1. The molecule has 0 rings (SSSR count). The van der Waals surface area contributed by atoms with Crippen molar-refractivity contribution in [1.29, 1.82) is 0 Å². The fourth-order valence-corrected chi connectivity index (χ4v) is 8.22. The zero-order chi connectivity index (χ0) is 43.8. The summed E-state index contributed by atoms with van der Waals surface area (Å²) in [7, 11) is 0. The van der Waals surface area contributed by atoms with Gasteiger partial charge < -0.3 is 14.2 Å². The van der Waals surface area contributed by atoms with Crippen LogP contribution in [-0.2, 0) is 28.6 Å². The molecule has 0 amide bonds. The summed E-state index contributed by atoms with van der Waals surface area (Å²) in [5, 5.41) is 0. The van der Waals surface area contributed by atoms with Crippen LogP contribution in [0.25, 0.3) is 0 Å². The Kier molecular flexibility index (Phi) is 47.2. The van der Waals surface area contributed by atoms with Crippen LogP contribution in [0.1, 0.15) is 304 Å². The van der Waals surface area contributed by atoms with E-state index in [0.29, 0.717) is 19.3 Å². The molecule has 0 saturated heterocycles. The Hall–Kier alpha value is -1.59.